The first kappa shape index (κ1) is 19.6. The zero-order chi connectivity index (χ0) is 16.8. The molecule has 0 spiro atoms. The van der Waals surface area contributed by atoms with Crippen molar-refractivity contribution < 1.29 is 36.3 Å². The Labute approximate surface area is 120 Å². The molecule has 1 unspecified atom stereocenters. The minimum Gasteiger partial charge on any atom is -0.480 e. The van der Waals surface area contributed by atoms with E-state index >= 15 is 0 Å². The van der Waals surface area contributed by atoms with Crippen molar-refractivity contribution in [2.75, 3.05) is 18.8 Å². The molecule has 0 saturated heterocycles. The molecule has 1 amide bonds. The van der Waals surface area contributed by atoms with E-state index in [9.17, 15) is 31.2 Å². The lowest BCUT2D eigenvalue weighted by Gasteiger charge is -2.25. The zero-order valence-corrected chi connectivity index (χ0v) is 12.3. The van der Waals surface area contributed by atoms with Crippen molar-refractivity contribution in [2.24, 2.45) is 0 Å². The number of rotatable bonds is 8. The zero-order valence-electron chi connectivity index (χ0n) is 11.5. The molecular formula is C10H17F3N2O5S. The average molecular weight is 334 g/mol. The van der Waals surface area contributed by atoms with E-state index in [1.807, 2.05) is 4.72 Å². The van der Waals surface area contributed by atoms with Crippen LogP contribution in [0.25, 0.3) is 0 Å². The van der Waals surface area contributed by atoms with Crippen LogP contribution in [0.5, 0.6) is 0 Å². The van der Waals surface area contributed by atoms with Gasteiger partial charge < -0.3 is 10.0 Å². The predicted molar refractivity (Wildman–Crippen MR) is 66.9 cm³/mol. The number of amides is 1. The molecule has 2 N–H and O–H groups in total. The molecule has 11 heteroatoms. The van der Waals surface area contributed by atoms with E-state index in [0.29, 0.717) is 0 Å². The van der Waals surface area contributed by atoms with Crippen LogP contribution in [0.15, 0.2) is 0 Å². The highest BCUT2D eigenvalue weighted by molar-refractivity contribution is 7.89. The van der Waals surface area contributed by atoms with Crippen molar-refractivity contribution in [2.45, 2.75) is 32.5 Å². The number of sulfonamides is 1. The summed E-state index contributed by atoms with van der Waals surface area (Å²) in [6, 6.07) is -1.48. The van der Waals surface area contributed by atoms with Gasteiger partial charge in [0.1, 0.15) is 13.1 Å². The molecule has 0 fully saturated rings. The molecule has 21 heavy (non-hydrogen) atoms. The highest BCUT2D eigenvalue weighted by atomic mass is 32.2. The fraction of sp³-hybridized carbons (Fsp3) is 0.800. The third-order valence-corrected chi connectivity index (χ3v) is 3.87. The molecule has 0 aromatic rings. The molecule has 1 atom stereocenters. The molecule has 0 aliphatic rings. The van der Waals surface area contributed by atoms with E-state index < -0.39 is 47.2 Å². The largest absolute Gasteiger partial charge is 0.480 e. The summed E-state index contributed by atoms with van der Waals surface area (Å²) in [5, 5.41) is 8.53. The summed E-state index contributed by atoms with van der Waals surface area (Å²) in [4.78, 5) is 22.3. The highest BCUT2D eigenvalue weighted by Gasteiger charge is 2.36. The second-order valence-corrected chi connectivity index (χ2v) is 6.24. The first-order valence-electron chi connectivity index (χ1n) is 5.95. The van der Waals surface area contributed by atoms with Crippen LogP contribution in [0, 0.1) is 0 Å². The molecule has 0 radical (unpaired) electrons. The summed E-state index contributed by atoms with van der Waals surface area (Å²) in [6.45, 7) is -0.303. The Balaban J connectivity index is 4.98. The van der Waals surface area contributed by atoms with E-state index in [-0.39, 0.29) is 17.1 Å². The predicted octanol–water partition coefficient (Wildman–Crippen LogP) is 0.180. The van der Waals surface area contributed by atoms with Gasteiger partial charge in [0, 0.05) is 0 Å². The number of aliphatic carboxylic acids is 1. The molecule has 0 aromatic carbocycles. The summed E-state index contributed by atoms with van der Waals surface area (Å²) in [6.07, 6.45) is -4.52. The topological polar surface area (TPSA) is 104 Å². The van der Waals surface area contributed by atoms with Gasteiger partial charge in [-0.2, -0.15) is 13.2 Å². The lowest BCUT2D eigenvalue weighted by atomic mass is 10.3. The molecule has 0 aliphatic heterocycles. The van der Waals surface area contributed by atoms with Crippen LogP contribution in [0.3, 0.4) is 0 Å². The van der Waals surface area contributed by atoms with Crippen LogP contribution in [-0.2, 0) is 19.6 Å². The third kappa shape index (κ3) is 8.50. The number of carbonyl (C=O) groups is 2. The van der Waals surface area contributed by atoms with Crippen LogP contribution in [-0.4, -0.2) is 61.4 Å². The van der Waals surface area contributed by atoms with Crippen molar-refractivity contribution in [1.82, 2.24) is 9.62 Å². The maximum absolute atomic E-state index is 12.3. The fourth-order valence-corrected chi connectivity index (χ4v) is 2.81. The summed E-state index contributed by atoms with van der Waals surface area (Å²) in [5.41, 5.74) is 0. The molecule has 0 bridgehead atoms. The number of alkyl halides is 3. The van der Waals surface area contributed by atoms with Gasteiger partial charge in [0.2, 0.25) is 15.9 Å². The molecule has 0 saturated carbocycles. The van der Waals surface area contributed by atoms with Gasteiger partial charge in [-0.1, -0.05) is 6.92 Å². The van der Waals surface area contributed by atoms with Crippen LogP contribution in [0.1, 0.15) is 20.3 Å². The number of halogens is 3. The van der Waals surface area contributed by atoms with Gasteiger partial charge >= 0.3 is 12.1 Å². The molecular weight excluding hydrogens is 317 g/mol. The van der Waals surface area contributed by atoms with Crippen molar-refractivity contribution in [1.29, 1.82) is 0 Å². The minimum atomic E-state index is -4.78. The van der Waals surface area contributed by atoms with E-state index in [0.717, 1.165) is 6.92 Å². The monoisotopic (exact) mass is 334 g/mol. The number of nitrogens with one attached hydrogen (secondary N) is 1. The third-order valence-electron chi connectivity index (χ3n) is 2.21. The first-order chi connectivity index (χ1) is 9.38. The average Bonchev–Trinajstić information content (AvgIpc) is 2.23. The van der Waals surface area contributed by atoms with Crippen LogP contribution in [0.2, 0.25) is 0 Å². The number of nitrogens with zero attached hydrogens (tertiary/aromatic N) is 1. The number of hydrogen-bond donors (Lipinski definition) is 2. The second-order valence-electron chi connectivity index (χ2n) is 4.36. The minimum absolute atomic E-state index is 0.0431. The second kappa shape index (κ2) is 7.59. The van der Waals surface area contributed by atoms with Crippen molar-refractivity contribution in [3.8, 4) is 0 Å². The van der Waals surface area contributed by atoms with Gasteiger partial charge in [0.15, 0.2) is 0 Å². The summed E-state index contributed by atoms with van der Waals surface area (Å²) >= 11 is 0. The Hall–Kier alpha value is -1.36. The molecule has 0 aliphatic carbocycles. The van der Waals surface area contributed by atoms with E-state index in [2.05, 4.69) is 0 Å². The van der Waals surface area contributed by atoms with E-state index in [1.165, 1.54) is 0 Å². The number of hydrogen-bond acceptors (Lipinski definition) is 4. The fourth-order valence-electron chi connectivity index (χ4n) is 1.51. The Kier molecular flexibility index (Phi) is 7.10. The smallest absolute Gasteiger partial charge is 0.406 e. The van der Waals surface area contributed by atoms with Crippen LogP contribution >= 0.6 is 0 Å². The number of carbonyl (C=O) groups excluding carboxylic acids is 1. The van der Waals surface area contributed by atoms with E-state index in [4.69, 9.17) is 5.11 Å². The normalized spacial score (nSPS) is 13.8. The summed E-state index contributed by atoms with van der Waals surface area (Å²) in [5.74, 6) is -3.17. The van der Waals surface area contributed by atoms with Crippen molar-refractivity contribution in [3.63, 3.8) is 0 Å². The van der Waals surface area contributed by atoms with Gasteiger partial charge in [0.25, 0.3) is 0 Å². The number of carboxylic acid groups (broad SMARTS) is 1. The first-order valence-corrected chi connectivity index (χ1v) is 7.60. The maximum Gasteiger partial charge on any atom is 0.406 e. The van der Waals surface area contributed by atoms with Gasteiger partial charge in [-0.25, -0.2) is 13.1 Å². The molecule has 0 rings (SSSR count). The summed E-state index contributed by atoms with van der Waals surface area (Å²) in [7, 11) is -3.81. The number of carboxylic acids is 1. The van der Waals surface area contributed by atoms with Gasteiger partial charge in [0.05, 0.1) is 11.8 Å². The molecule has 7 nitrogen and oxygen atoms in total. The Morgan fingerprint density at radius 2 is 1.86 bits per heavy atom. The lowest BCUT2D eigenvalue weighted by molar-refractivity contribution is -0.166. The van der Waals surface area contributed by atoms with Gasteiger partial charge in [-0.15, -0.1) is 0 Å². The summed E-state index contributed by atoms with van der Waals surface area (Å²) < 4.78 is 61.8. The Morgan fingerprint density at radius 3 is 2.24 bits per heavy atom. The van der Waals surface area contributed by atoms with Crippen molar-refractivity contribution in [3.05, 3.63) is 0 Å². The lowest BCUT2D eigenvalue weighted by Crippen LogP contribution is -2.51. The molecule has 124 valence electrons. The highest BCUT2D eigenvalue weighted by Crippen LogP contribution is 2.17. The Morgan fingerprint density at radius 1 is 1.33 bits per heavy atom. The molecule has 0 aromatic heterocycles. The van der Waals surface area contributed by atoms with Crippen molar-refractivity contribution >= 4 is 21.9 Å². The van der Waals surface area contributed by atoms with Crippen LogP contribution < -0.4 is 4.72 Å². The van der Waals surface area contributed by atoms with E-state index in [1.54, 1.807) is 6.92 Å². The molecule has 0 heterocycles. The standard InChI is InChI=1S/C10H17F3N2O5S/c1-3-4-21(19,20)14-7(2)9(18)15(5-8(16)17)6-10(11,12)13/h7,14H,3-6H2,1-2H3,(H,16,17). The SMILES string of the molecule is CCCS(=O)(=O)NC(C)C(=O)N(CC(=O)O)CC(F)(F)F. The maximum atomic E-state index is 12.3. The van der Waals surface area contributed by atoms with Crippen LogP contribution in [0.4, 0.5) is 13.2 Å². The van der Waals surface area contributed by atoms with Gasteiger partial charge in [-0.05, 0) is 13.3 Å². The quantitative estimate of drug-likeness (QED) is 0.659. The Bertz CT molecular complexity index is 478. The van der Waals surface area contributed by atoms with Gasteiger partial charge in [-0.3, -0.25) is 9.59 Å².